The summed E-state index contributed by atoms with van der Waals surface area (Å²) >= 11 is 3.21. The predicted octanol–water partition coefficient (Wildman–Crippen LogP) is 3.58. The second kappa shape index (κ2) is 9.01. The second-order valence-electron chi connectivity index (χ2n) is 2.83. The molecule has 2 heteroatoms. The molecule has 0 aliphatic carbocycles. The van der Waals surface area contributed by atoms with Crippen molar-refractivity contribution < 1.29 is 0 Å². The van der Waals surface area contributed by atoms with Crippen LogP contribution in [0.4, 0.5) is 0 Å². The summed E-state index contributed by atoms with van der Waals surface area (Å²) < 4.78 is 3.01. The van der Waals surface area contributed by atoms with Gasteiger partial charge in [-0.3, -0.25) is 4.34 Å². The number of hydrogen-bond acceptors (Lipinski definition) is 1. The van der Waals surface area contributed by atoms with Crippen molar-refractivity contribution in [2.24, 2.45) is 0 Å². The van der Waals surface area contributed by atoms with Gasteiger partial charge in [0.15, 0.2) is 0 Å². The molecule has 0 aromatic heterocycles. The van der Waals surface area contributed by atoms with E-state index in [1.165, 1.54) is 0 Å². The van der Waals surface area contributed by atoms with Crippen molar-refractivity contribution in [2.75, 3.05) is 0 Å². The fourth-order valence-electron chi connectivity index (χ4n) is 0.783. The Hall–Kier alpha value is -0.0800. The summed E-state index contributed by atoms with van der Waals surface area (Å²) in [5.74, 6) is 0. The van der Waals surface area contributed by atoms with Crippen molar-refractivity contribution in [1.29, 1.82) is 0 Å². The quantitative estimate of drug-likeness (QED) is 0.545. The maximum absolute atomic E-state index is 3.21. The van der Waals surface area contributed by atoms with E-state index in [2.05, 4.69) is 58.6 Å². The third-order valence-corrected chi connectivity index (χ3v) is 2.30. The van der Waals surface area contributed by atoms with Crippen molar-refractivity contribution in [3.8, 4) is 0 Å². The molecule has 1 nitrogen and oxygen atoms in total. The maximum Gasteiger partial charge on any atom is 0.0181 e. The first kappa shape index (κ1) is 11.9. The fraction of sp³-hybridized carbons (Fsp3) is 0.600. The third-order valence-electron chi connectivity index (χ3n) is 1.52. The van der Waals surface area contributed by atoms with Crippen LogP contribution in [0.3, 0.4) is 0 Å². The van der Waals surface area contributed by atoms with Crippen LogP contribution in [0.5, 0.6) is 0 Å². The van der Waals surface area contributed by atoms with Crippen molar-refractivity contribution in [3.05, 3.63) is 24.3 Å². The van der Waals surface area contributed by atoms with Crippen LogP contribution in [0.15, 0.2) is 24.3 Å². The van der Waals surface area contributed by atoms with Gasteiger partial charge in [0.25, 0.3) is 0 Å². The molecule has 0 spiro atoms. The standard InChI is InChI=1S/C10H18BrN/c1-3-4-5-6-7-8-9-10(2)12-11/h4-5,7-8,10,12H,3,6,9H2,1-2H3. The summed E-state index contributed by atoms with van der Waals surface area (Å²) in [6.45, 7) is 4.29. The molecule has 0 heterocycles. The van der Waals surface area contributed by atoms with E-state index in [0.717, 1.165) is 19.3 Å². The van der Waals surface area contributed by atoms with Crippen LogP contribution in [0.25, 0.3) is 0 Å². The number of nitrogens with one attached hydrogen (secondary N) is 1. The summed E-state index contributed by atoms with van der Waals surface area (Å²) in [5, 5.41) is 0. The van der Waals surface area contributed by atoms with Gasteiger partial charge in [-0.15, -0.1) is 0 Å². The lowest BCUT2D eigenvalue weighted by atomic mass is 10.2. The topological polar surface area (TPSA) is 12.0 Å². The minimum atomic E-state index is 0.511. The first-order chi connectivity index (χ1) is 5.81. The Bertz CT molecular complexity index is 141. The molecular formula is C10H18BrN. The minimum Gasteiger partial charge on any atom is -0.253 e. The molecule has 0 bridgehead atoms. The van der Waals surface area contributed by atoms with E-state index in [1.807, 2.05) is 0 Å². The molecule has 70 valence electrons. The first-order valence-electron chi connectivity index (χ1n) is 4.47. The smallest absolute Gasteiger partial charge is 0.0181 e. The van der Waals surface area contributed by atoms with E-state index < -0.39 is 0 Å². The number of rotatable bonds is 6. The van der Waals surface area contributed by atoms with Crippen LogP contribution < -0.4 is 4.34 Å². The Morgan fingerprint density at radius 3 is 2.50 bits per heavy atom. The fourth-order valence-corrected chi connectivity index (χ4v) is 0.969. The molecule has 0 aliphatic heterocycles. The van der Waals surface area contributed by atoms with Gasteiger partial charge in [-0.25, -0.2) is 0 Å². The number of hydrogen-bond donors (Lipinski definition) is 1. The van der Waals surface area contributed by atoms with Gasteiger partial charge in [-0.1, -0.05) is 31.2 Å². The van der Waals surface area contributed by atoms with Gasteiger partial charge in [0.1, 0.15) is 0 Å². The highest BCUT2D eigenvalue weighted by atomic mass is 79.9. The van der Waals surface area contributed by atoms with Crippen molar-refractivity contribution >= 4 is 16.1 Å². The van der Waals surface area contributed by atoms with Crippen LogP contribution in [-0.2, 0) is 0 Å². The maximum atomic E-state index is 3.21. The normalized spacial score (nSPS) is 14.6. The van der Waals surface area contributed by atoms with Gasteiger partial charge >= 0.3 is 0 Å². The molecule has 1 N–H and O–H groups in total. The average molecular weight is 232 g/mol. The molecule has 0 rings (SSSR count). The monoisotopic (exact) mass is 231 g/mol. The third kappa shape index (κ3) is 8.02. The van der Waals surface area contributed by atoms with Crippen LogP contribution in [-0.4, -0.2) is 6.04 Å². The molecular weight excluding hydrogens is 214 g/mol. The lowest BCUT2D eigenvalue weighted by molar-refractivity contribution is 0.713. The Balaban J connectivity index is 3.31. The predicted molar refractivity (Wildman–Crippen MR) is 59.3 cm³/mol. The van der Waals surface area contributed by atoms with Gasteiger partial charge in [0.05, 0.1) is 0 Å². The highest BCUT2D eigenvalue weighted by Crippen LogP contribution is 1.96. The van der Waals surface area contributed by atoms with Crippen molar-refractivity contribution in [1.82, 2.24) is 4.34 Å². The van der Waals surface area contributed by atoms with E-state index >= 15 is 0 Å². The van der Waals surface area contributed by atoms with Crippen LogP contribution in [0, 0.1) is 0 Å². The van der Waals surface area contributed by atoms with Gasteiger partial charge in [-0.2, -0.15) is 0 Å². The van der Waals surface area contributed by atoms with Gasteiger partial charge in [0.2, 0.25) is 0 Å². The van der Waals surface area contributed by atoms with E-state index in [0.29, 0.717) is 6.04 Å². The molecule has 1 unspecified atom stereocenters. The Kier molecular flexibility index (Phi) is 8.95. The molecule has 0 aliphatic rings. The summed E-state index contributed by atoms with van der Waals surface area (Å²) in [6.07, 6.45) is 12.1. The zero-order valence-corrected chi connectivity index (χ0v) is 9.47. The molecule has 0 aromatic carbocycles. The van der Waals surface area contributed by atoms with Crippen molar-refractivity contribution in [2.45, 2.75) is 39.2 Å². The van der Waals surface area contributed by atoms with E-state index in [9.17, 15) is 0 Å². The average Bonchev–Trinajstić information content (AvgIpc) is 2.10. The van der Waals surface area contributed by atoms with Gasteiger partial charge in [-0.05, 0) is 26.2 Å². The van der Waals surface area contributed by atoms with Gasteiger partial charge in [0, 0.05) is 22.2 Å². The molecule has 0 radical (unpaired) electrons. The summed E-state index contributed by atoms with van der Waals surface area (Å²) in [5.41, 5.74) is 0. The molecule has 0 fully saturated rings. The van der Waals surface area contributed by atoms with E-state index in [1.54, 1.807) is 0 Å². The Morgan fingerprint density at radius 2 is 1.92 bits per heavy atom. The molecule has 0 aromatic rings. The minimum absolute atomic E-state index is 0.511. The zero-order valence-electron chi connectivity index (χ0n) is 7.89. The highest BCUT2D eigenvalue weighted by Gasteiger charge is 1.91. The highest BCUT2D eigenvalue weighted by molar-refractivity contribution is 9.08. The van der Waals surface area contributed by atoms with Gasteiger partial charge < -0.3 is 0 Å². The lowest BCUT2D eigenvalue weighted by Crippen LogP contribution is -2.13. The lowest BCUT2D eigenvalue weighted by Gasteiger charge is -2.02. The second-order valence-corrected chi connectivity index (χ2v) is 3.29. The summed E-state index contributed by atoms with van der Waals surface area (Å²) in [6, 6.07) is 0.511. The molecule has 0 saturated heterocycles. The number of allylic oxidation sites excluding steroid dienone is 3. The first-order valence-corrected chi connectivity index (χ1v) is 5.26. The molecule has 12 heavy (non-hydrogen) atoms. The Labute approximate surface area is 84.3 Å². The van der Waals surface area contributed by atoms with Crippen LogP contribution in [0.1, 0.15) is 33.1 Å². The van der Waals surface area contributed by atoms with Crippen molar-refractivity contribution in [3.63, 3.8) is 0 Å². The summed E-state index contributed by atoms with van der Waals surface area (Å²) in [4.78, 5) is 0. The molecule has 0 amide bonds. The zero-order chi connectivity index (χ0) is 9.23. The van der Waals surface area contributed by atoms with Crippen LogP contribution in [0.2, 0.25) is 0 Å². The summed E-state index contributed by atoms with van der Waals surface area (Å²) in [7, 11) is 0. The molecule has 0 saturated carbocycles. The largest absolute Gasteiger partial charge is 0.253 e. The SMILES string of the molecule is CCC=CCC=CCC(C)NBr. The van der Waals surface area contributed by atoms with E-state index in [-0.39, 0.29) is 0 Å². The van der Waals surface area contributed by atoms with E-state index in [4.69, 9.17) is 0 Å². The number of halogens is 1. The molecule has 1 atom stereocenters. The Morgan fingerprint density at radius 1 is 1.25 bits per heavy atom. The van der Waals surface area contributed by atoms with Crippen LogP contribution >= 0.6 is 16.1 Å².